The van der Waals surface area contributed by atoms with Gasteiger partial charge in [-0.2, -0.15) is 0 Å². The van der Waals surface area contributed by atoms with Gasteiger partial charge in [-0.05, 0) is 29.2 Å². The first-order chi connectivity index (χ1) is 8.74. The normalized spacial score (nSPS) is 10.6. The summed E-state index contributed by atoms with van der Waals surface area (Å²) in [5.41, 5.74) is 3.32. The zero-order valence-electron chi connectivity index (χ0n) is 10.5. The standard InChI is InChI=1S/C16H17FO/c1-2-3-12-4-7-14(8-5-12)15-9-6-13(11-18)10-16(15)17/h4-10,18H,2-3,11H2,1H3. The van der Waals surface area contributed by atoms with Crippen LogP contribution in [0.25, 0.3) is 11.1 Å². The molecule has 2 aromatic carbocycles. The molecule has 0 saturated heterocycles. The van der Waals surface area contributed by atoms with E-state index in [1.807, 2.05) is 24.3 Å². The van der Waals surface area contributed by atoms with Crippen molar-refractivity contribution >= 4 is 0 Å². The predicted molar refractivity (Wildman–Crippen MR) is 71.8 cm³/mol. The van der Waals surface area contributed by atoms with Crippen LogP contribution in [0.1, 0.15) is 24.5 Å². The number of aliphatic hydroxyl groups is 1. The largest absolute Gasteiger partial charge is 0.392 e. The van der Waals surface area contributed by atoms with Crippen LogP contribution in [-0.2, 0) is 13.0 Å². The van der Waals surface area contributed by atoms with Crippen LogP contribution in [0.5, 0.6) is 0 Å². The monoisotopic (exact) mass is 244 g/mol. The molecule has 0 unspecified atom stereocenters. The highest BCUT2D eigenvalue weighted by molar-refractivity contribution is 5.64. The molecule has 2 aromatic rings. The van der Waals surface area contributed by atoms with Gasteiger partial charge in [0.25, 0.3) is 0 Å². The fourth-order valence-electron chi connectivity index (χ4n) is 2.03. The van der Waals surface area contributed by atoms with E-state index < -0.39 is 0 Å². The molecule has 1 N–H and O–H groups in total. The Morgan fingerprint density at radius 3 is 2.22 bits per heavy atom. The van der Waals surface area contributed by atoms with Crippen molar-refractivity contribution in [1.82, 2.24) is 0 Å². The molecule has 0 spiro atoms. The highest BCUT2D eigenvalue weighted by atomic mass is 19.1. The maximum Gasteiger partial charge on any atom is 0.131 e. The van der Waals surface area contributed by atoms with E-state index in [9.17, 15) is 4.39 Å². The summed E-state index contributed by atoms with van der Waals surface area (Å²) >= 11 is 0. The van der Waals surface area contributed by atoms with Crippen molar-refractivity contribution in [3.05, 3.63) is 59.4 Å². The van der Waals surface area contributed by atoms with Gasteiger partial charge in [-0.25, -0.2) is 4.39 Å². The summed E-state index contributed by atoms with van der Waals surface area (Å²) in [5, 5.41) is 8.95. The summed E-state index contributed by atoms with van der Waals surface area (Å²) in [7, 11) is 0. The molecule has 0 aromatic heterocycles. The first kappa shape index (κ1) is 12.8. The first-order valence-electron chi connectivity index (χ1n) is 6.23. The zero-order valence-corrected chi connectivity index (χ0v) is 10.5. The van der Waals surface area contributed by atoms with Crippen molar-refractivity contribution in [2.45, 2.75) is 26.4 Å². The topological polar surface area (TPSA) is 20.2 Å². The molecule has 0 bridgehead atoms. The van der Waals surface area contributed by atoms with Crippen LogP contribution >= 0.6 is 0 Å². The Bertz CT molecular complexity index is 517. The molecule has 0 atom stereocenters. The number of rotatable bonds is 4. The van der Waals surface area contributed by atoms with Crippen LogP contribution in [0.2, 0.25) is 0 Å². The van der Waals surface area contributed by atoms with E-state index >= 15 is 0 Å². The van der Waals surface area contributed by atoms with Gasteiger partial charge < -0.3 is 5.11 Å². The lowest BCUT2D eigenvalue weighted by molar-refractivity contribution is 0.281. The second-order valence-corrected chi connectivity index (χ2v) is 4.42. The van der Waals surface area contributed by atoms with Gasteiger partial charge in [0, 0.05) is 5.56 Å². The summed E-state index contributed by atoms with van der Waals surface area (Å²) in [6, 6.07) is 12.8. The molecular weight excluding hydrogens is 227 g/mol. The van der Waals surface area contributed by atoms with Crippen molar-refractivity contribution in [2.75, 3.05) is 0 Å². The molecule has 0 aliphatic heterocycles. The van der Waals surface area contributed by atoms with Gasteiger partial charge in [-0.15, -0.1) is 0 Å². The number of halogens is 1. The lowest BCUT2D eigenvalue weighted by Gasteiger charge is -2.06. The van der Waals surface area contributed by atoms with E-state index in [1.54, 1.807) is 12.1 Å². The van der Waals surface area contributed by atoms with Gasteiger partial charge in [0.05, 0.1) is 6.61 Å². The van der Waals surface area contributed by atoms with E-state index in [-0.39, 0.29) is 12.4 Å². The van der Waals surface area contributed by atoms with Crippen LogP contribution in [0.3, 0.4) is 0 Å². The predicted octanol–water partition coefficient (Wildman–Crippen LogP) is 3.94. The van der Waals surface area contributed by atoms with Crippen LogP contribution in [0.15, 0.2) is 42.5 Å². The fourth-order valence-corrected chi connectivity index (χ4v) is 2.03. The van der Waals surface area contributed by atoms with E-state index in [1.165, 1.54) is 11.6 Å². The first-order valence-corrected chi connectivity index (χ1v) is 6.23. The van der Waals surface area contributed by atoms with Crippen LogP contribution < -0.4 is 0 Å². The molecule has 0 amide bonds. The molecule has 0 aliphatic rings. The Labute approximate surface area is 107 Å². The zero-order chi connectivity index (χ0) is 13.0. The third kappa shape index (κ3) is 2.77. The Morgan fingerprint density at radius 2 is 1.67 bits per heavy atom. The fraction of sp³-hybridized carbons (Fsp3) is 0.250. The average Bonchev–Trinajstić information content (AvgIpc) is 2.40. The molecule has 1 nitrogen and oxygen atoms in total. The molecule has 0 aliphatic carbocycles. The number of hydrogen-bond acceptors (Lipinski definition) is 1. The minimum absolute atomic E-state index is 0.132. The maximum atomic E-state index is 13.9. The minimum Gasteiger partial charge on any atom is -0.392 e. The van der Waals surface area contributed by atoms with Gasteiger partial charge in [-0.1, -0.05) is 49.7 Å². The second-order valence-electron chi connectivity index (χ2n) is 4.42. The van der Waals surface area contributed by atoms with Crippen LogP contribution in [0.4, 0.5) is 4.39 Å². The summed E-state index contributed by atoms with van der Waals surface area (Å²) in [4.78, 5) is 0. The number of benzene rings is 2. The molecule has 0 radical (unpaired) electrons. The van der Waals surface area contributed by atoms with Crippen molar-refractivity contribution in [1.29, 1.82) is 0 Å². The van der Waals surface area contributed by atoms with Crippen molar-refractivity contribution in [3.63, 3.8) is 0 Å². The van der Waals surface area contributed by atoms with E-state index in [4.69, 9.17) is 5.11 Å². The van der Waals surface area contributed by atoms with E-state index in [2.05, 4.69) is 6.92 Å². The molecule has 2 rings (SSSR count). The molecule has 0 heterocycles. The maximum absolute atomic E-state index is 13.9. The van der Waals surface area contributed by atoms with Gasteiger partial charge in [0.2, 0.25) is 0 Å². The molecule has 94 valence electrons. The molecule has 2 heteroatoms. The lowest BCUT2D eigenvalue weighted by Crippen LogP contribution is -1.90. The highest BCUT2D eigenvalue weighted by Gasteiger charge is 2.05. The molecule has 0 saturated carbocycles. The lowest BCUT2D eigenvalue weighted by atomic mass is 10.0. The molecule has 18 heavy (non-hydrogen) atoms. The molecular formula is C16H17FO. The van der Waals surface area contributed by atoms with Crippen LogP contribution in [0, 0.1) is 5.82 Å². The SMILES string of the molecule is CCCc1ccc(-c2ccc(CO)cc2F)cc1. The van der Waals surface area contributed by atoms with Gasteiger partial charge >= 0.3 is 0 Å². The second kappa shape index (κ2) is 5.78. The number of aliphatic hydroxyl groups excluding tert-OH is 1. The van der Waals surface area contributed by atoms with Gasteiger partial charge in [0.1, 0.15) is 5.82 Å². The Morgan fingerprint density at radius 1 is 1.00 bits per heavy atom. The Kier molecular flexibility index (Phi) is 4.11. The van der Waals surface area contributed by atoms with Crippen molar-refractivity contribution < 1.29 is 9.50 Å². The van der Waals surface area contributed by atoms with Crippen molar-refractivity contribution in [2.24, 2.45) is 0 Å². The third-order valence-corrected chi connectivity index (χ3v) is 3.02. The van der Waals surface area contributed by atoms with Gasteiger partial charge in [0.15, 0.2) is 0 Å². The smallest absolute Gasteiger partial charge is 0.131 e. The van der Waals surface area contributed by atoms with E-state index in [0.29, 0.717) is 11.1 Å². The quantitative estimate of drug-likeness (QED) is 0.863. The Balaban J connectivity index is 2.30. The van der Waals surface area contributed by atoms with Crippen molar-refractivity contribution in [3.8, 4) is 11.1 Å². The number of hydrogen-bond donors (Lipinski definition) is 1. The van der Waals surface area contributed by atoms with Gasteiger partial charge in [-0.3, -0.25) is 0 Å². The summed E-state index contributed by atoms with van der Waals surface area (Å²) < 4.78 is 13.9. The minimum atomic E-state index is -0.287. The summed E-state index contributed by atoms with van der Waals surface area (Å²) in [6.07, 6.45) is 2.16. The Hall–Kier alpha value is -1.67. The summed E-state index contributed by atoms with van der Waals surface area (Å²) in [5.74, 6) is -0.287. The number of aryl methyl sites for hydroxylation is 1. The molecule has 0 fully saturated rings. The van der Waals surface area contributed by atoms with Crippen LogP contribution in [-0.4, -0.2) is 5.11 Å². The average molecular weight is 244 g/mol. The summed E-state index contributed by atoms with van der Waals surface area (Å²) in [6.45, 7) is 2.01. The third-order valence-electron chi connectivity index (χ3n) is 3.02. The highest BCUT2D eigenvalue weighted by Crippen LogP contribution is 2.24. The van der Waals surface area contributed by atoms with E-state index in [0.717, 1.165) is 18.4 Å².